The first-order chi connectivity index (χ1) is 11.1. The molecule has 0 saturated carbocycles. The Bertz CT molecular complexity index is 687. The van der Waals surface area contributed by atoms with Gasteiger partial charge in [0.25, 0.3) is 5.69 Å². The van der Waals surface area contributed by atoms with Gasteiger partial charge in [0, 0.05) is 37.8 Å². The summed E-state index contributed by atoms with van der Waals surface area (Å²) in [5.74, 6) is -0.587. The number of hydrogen-bond acceptors (Lipinski definition) is 6. The van der Waals surface area contributed by atoms with Crippen molar-refractivity contribution in [1.82, 2.24) is 9.88 Å². The number of rotatable bonds is 4. The highest BCUT2D eigenvalue weighted by Crippen LogP contribution is 2.31. The predicted octanol–water partition coefficient (Wildman–Crippen LogP) is 3.07. The topological polar surface area (TPSA) is 62.5 Å². The third-order valence-electron chi connectivity index (χ3n) is 4.15. The summed E-state index contributed by atoms with van der Waals surface area (Å²) in [6, 6.07) is 3.99. The summed E-state index contributed by atoms with van der Waals surface area (Å²) < 4.78 is 13.3. The number of thiazole rings is 1. The van der Waals surface area contributed by atoms with Crippen molar-refractivity contribution in [3.8, 4) is 0 Å². The van der Waals surface area contributed by atoms with Gasteiger partial charge in [-0.25, -0.2) is 9.37 Å². The van der Waals surface area contributed by atoms with Crippen molar-refractivity contribution in [3.05, 3.63) is 50.7 Å². The molecule has 0 aliphatic carbocycles. The number of anilines is 1. The fourth-order valence-electron chi connectivity index (χ4n) is 2.86. The van der Waals surface area contributed by atoms with Gasteiger partial charge in [-0.2, -0.15) is 0 Å². The zero-order valence-corrected chi connectivity index (χ0v) is 13.5. The van der Waals surface area contributed by atoms with Crippen LogP contribution in [0.2, 0.25) is 0 Å². The smallest absolute Gasteiger partial charge is 0.295 e. The zero-order valence-electron chi connectivity index (χ0n) is 12.7. The first-order valence-corrected chi connectivity index (χ1v) is 8.26. The SMILES string of the molecule is CC(c1nccs1)N1CCN(c2ccc(F)cc2[N+](=O)[O-])CC1. The maximum atomic E-state index is 13.3. The number of nitrogens with zero attached hydrogens (tertiary/aromatic N) is 4. The summed E-state index contributed by atoms with van der Waals surface area (Å²) in [4.78, 5) is 19.2. The average molecular weight is 336 g/mol. The minimum Gasteiger partial charge on any atom is -0.363 e. The van der Waals surface area contributed by atoms with Crippen LogP contribution in [0.3, 0.4) is 0 Å². The van der Waals surface area contributed by atoms with Gasteiger partial charge >= 0.3 is 0 Å². The van der Waals surface area contributed by atoms with Crippen molar-refractivity contribution < 1.29 is 9.31 Å². The third kappa shape index (κ3) is 3.32. The molecule has 1 unspecified atom stereocenters. The highest BCUT2D eigenvalue weighted by molar-refractivity contribution is 7.09. The number of nitro groups is 1. The molecular formula is C15H17FN4O2S. The molecular weight excluding hydrogens is 319 g/mol. The van der Waals surface area contributed by atoms with Crippen molar-refractivity contribution in [2.45, 2.75) is 13.0 Å². The zero-order chi connectivity index (χ0) is 16.4. The van der Waals surface area contributed by atoms with Crippen LogP contribution in [0.1, 0.15) is 18.0 Å². The molecule has 6 nitrogen and oxygen atoms in total. The summed E-state index contributed by atoms with van der Waals surface area (Å²) in [7, 11) is 0. The van der Waals surface area contributed by atoms with Gasteiger partial charge in [0.1, 0.15) is 16.5 Å². The molecule has 0 bridgehead atoms. The fourth-order valence-corrected chi connectivity index (χ4v) is 3.59. The molecule has 0 N–H and O–H groups in total. The minimum absolute atomic E-state index is 0.175. The highest BCUT2D eigenvalue weighted by Gasteiger charge is 2.27. The lowest BCUT2D eigenvalue weighted by Gasteiger charge is -2.38. The molecule has 1 aromatic carbocycles. The quantitative estimate of drug-likeness (QED) is 0.634. The van der Waals surface area contributed by atoms with E-state index in [4.69, 9.17) is 0 Å². The van der Waals surface area contributed by atoms with Crippen molar-refractivity contribution in [1.29, 1.82) is 0 Å². The van der Waals surface area contributed by atoms with E-state index >= 15 is 0 Å². The van der Waals surface area contributed by atoms with Gasteiger partial charge < -0.3 is 4.90 Å². The summed E-state index contributed by atoms with van der Waals surface area (Å²) in [5, 5.41) is 14.2. The second kappa shape index (κ2) is 6.59. The van der Waals surface area contributed by atoms with E-state index in [-0.39, 0.29) is 11.7 Å². The standard InChI is InChI=1S/C15H17FN4O2S/c1-11(15-17-4-9-23-15)18-5-7-19(8-6-18)13-3-2-12(16)10-14(13)20(21)22/h2-4,9-11H,5-8H2,1H3. The second-order valence-electron chi connectivity index (χ2n) is 5.46. The number of benzene rings is 1. The second-order valence-corrected chi connectivity index (χ2v) is 6.39. The molecule has 1 aliphatic heterocycles. The Morgan fingerprint density at radius 1 is 1.35 bits per heavy atom. The Balaban J connectivity index is 1.71. The summed E-state index contributed by atoms with van der Waals surface area (Å²) in [6.45, 7) is 5.03. The number of piperazine rings is 1. The van der Waals surface area contributed by atoms with Crippen LogP contribution in [-0.4, -0.2) is 41.0 Å². The molecule has 8 heteroatoms. The molecule has 1 saturated heterocycles. The van der Waals surface area contributed by atoms with E-state index in [2.05, 4.69) is 16.8 Å². The number of halogens is 1. The monoisotopic (exact) mass is 336 g/mol. The maximum Gasteiger partial charge on any atom is 0.295 e. The Hall–Kier alpha value is -2.06. The van der Waals surface area contributed by atoms with Crippen molar-refractivity contribution in [2.24, 2.45) is 0 Å². The Morgan fingerprint density at radius 3 is 2.70 bits per heavy atom. The molecule has 0 spiro atoms. The molecule has 1 aliphatic rings. The average Bonchev–Trinajstić information content (AvgIpc) is 3.09. The summed E-state index contributed by atoms with van der Waals surface area (Å²) in [5.41, 5.74) is 0.310. The lowest BCUT2D eigenvalue weighted by molar-refractivity contribution is -0.384. The summed E-state index contributed by atoms with van der Waals surface area (Å²) >= 11 is 1.63. The van der Waals surface area contributed by atoms with Crippen molar-refractivity contribution in [3.63, 3.8) is 0 Å². The van der Waals surface area contributed by atoms with Crippen LogP contribution in [0.15, 0.2) is 29.8 Å². The van der Waals surface area contributed by atoms with E-state index in [1.165, 1.54) is 12.1 Å². The van der Waals surface area contributed by atoms with Gasteiger partial charge in [0.05, 0.1) is 17.0 Å². The third-order valence-corrected chi connectivity index (χ3v) is 5.09. The lowest BCUT2D eigenvalue weighted by Crippen LogP contribution is -2.47. The van der Waals surface area contributed by atoms with Crippen LogP contribution in [-0.2, 0) is 0 Å². The van der Waals surface area contributed by atoms with Gasteiger partial charge in [-0.15, -0.1) is 11.3 Å². The van der Waals surface area contributed by atoms with Crippen LogP contribution in [0.4, 0.5) is 15.8 Å². The minimum atomic E-state index is -0.587. The molecule has 2 heterocycles. The molecule has 0 radical (unpaired) electrons. The number of nitro benzene ring substituents is 1. The Labute approximate surface area is 137 Å². The molecule has 2 aromatic rings. The van der Waals surface area contributed by atoms with E-state index in [0.717, 1.165) is 24.2 Å². The van der Waals surface area contributed by atoms with Crippen LogP contribution in [0, 0.1) is 15.9 Å². The molecule has 3 rings (SSSR count). The van der Waals surface area contributed by atoms with Gasteiger partial charge in [-0.1, -0.05) is 0 Å². The van der Waals surface area contributed by atoms with E-state index < -0.39 is 10.7 Å². The normalized spacial score (nSPS) is 17.2. The van der Waals surface area contributed by atoms with E-state index in [1.54, 1.807) is 17.5 Å². The van der Waals surface area contributed by atoms with Crippen LogP contribution >= 0.6 is 11.3 Å². The van der Waals surface area contributed by atoms with Gasteiger partial charge in [0.15, 0.2) is 0 Å². The molecule has 122 valence electrons. The van der Waals surface area contributed by atoms with Gasteiger partial charge in [-0.05, 0) is 19.1 Å². The van der Waals surface area contributed by atoms with Gasteiger partial charge in [0.2, 0.25) is 0 Å². The first-order valence-electron chi connectivity index (χ1n) is 7.38. The van der Waals surface area contributed by atoms with E-state index in [1.807, 2.05) is 10.3 Å². The molecule has 1 fully saturated rings. The van der Waals surface area contributed by atoms with Crippen LogP contribution < -0.4 is 4.90 Å². The fraction of sp³-hybridized carbons (Fsp3) is 0.400. The van der Waals surface area contributed by atoms with Crippen LogP contribution in [0.5, 0.6) is 0 Å². The number of hydrogen-bond donors (Lipinski definition) is 0. The molecule has 23 heavy (non-hydrogen) atoms. The lowest BCUT2D eigenvalue weighted by atomic mass is 10.2. The molecule has 1 aromatic heterocycles. The van der Waals surface area contributed by atoms with Crippen molar-refractivity contribution >= 4 is 22.7 Å². The van der Waals surface area contributed by atoms with E-state index in [0.29, 0.717) is 18.8 Å². The van der Waals surface area contributed by atoms with E-state index in [9.17, 15) is 14.5 Å². The Kier molecular flexibility index (Phi) is 4.53. The van der Waals surface area contributed by atoms with Crippen LogP contribution in [0.25, 0.3) is 0 Å². The Morgan fingerprint density at radius 2 is 2.09 bits per heavy atom. The molecule has 1 atom stereocenters. The highest BCUT2D eigenvalue weighted by atomic mass is 32.1. The predicted molar refractivity (Wildman–Crippen MR) is 87.4 cm³/mol. The van der Waals surface area contributed by atoms with Gasteiger partial charge in [-0.3, -0.25) is 15.0 Å². The maximum absolute atomic E-state index is 13.3. The largest absolute Gasteiger partial charge is 0.363 e. The first kappa shape index (κ1) is 15.8. The number of aromatic nitrogens is 1. The molecule has 0 amide bonds. The van der Waals surface area contributed by atoms with Crippen molar-refractivity contribution in [2.75, 3.05) is 31.1 Å². The summed E-state index contributed by atoms with van der Waals surface area (Å²) in [6.07, 6.45) is 1.80.